The first-order valence-electron chi connectivity index (χ1n) is 5.79. The molecule has 0 spiro atoms. The maximum absolute atomic E-state index is 6.00. The number of nitrogens with one attached hydrogen (secondary N) is 1. The van der Waals surface area contributed by atoms with Gasteiger partial charge < -0.3 is 10.1 Å². The van der Waals surface area contributed by atoms with Crippen LogP contribution < -0.4 is 5.32 Å². The first-order valence-corrected chi connectivity index (χ1v) is 6.17. The van der Waals surface area contributed by atoms with Crippen molar-refractivity contribution in [3.8, 4) is 0 Å². The van der Waals surface area contributed by atoms with Crippen LogP contribution in [-0.4, -0.2) is 19.3 Å². The van der Waals surface area contributed by atoms with Crippen LogP contribution in [0.4, 0.5) is 0 Å². The highest BCUT2D eigenvalue weighted by atomic mass is 35.5. The molecule has 1 rings (SSSR count). The standard InChI is InChI=1S/C13H20ClNO/c1-4-15-13(10(3)16-5-2)11-7-6-8-12(14)9-11/h6-10,13,15H,4-5H2,1-3H3. The van der Waals surface area contributed by atoms with E-state index in [-0.39, 0.29) is 12.1 Å². The minimum Gasteiger partial charge on any atom is -0.377 e. The van der Waals surface area contributed by atoms with Gasteiger partial charge in [-0.3, -0.25) is 0 Å². The van der Waals surface area contributed by atoms with Crippen molar-refractivity contribution < 1.29 is 4.74 Å². The van der Waals surface area contributed by atoms with Gasteiger partial charge in [0.1, 0.15) is 0 Å². The van der Waals surface area contributed by atoms with Crippen molar-refractivity contribution in [1.29, 1.82) is 0 Å². The van der Waals surface area contributed by atoms with Gasteiger partial charge in [0.2, 0.25) is 0 Å². The van der Waals surface area contributed by atoms with Gasteiger partial charge in [0, 0.05) is 11.6 Å². The fraction of sp³-hybridized carbons (Fsp3) is 0.538. The molecular formula is C13H20ClNO. The van der Waals surface area contributed by atoms with Gasteiger partial charge in [0.15, 0.2) is 0 Å². The molecule has 2 atom stereocenters. The van der Waals surface area contributed by atoms with Gasteiger partial charge in [-0.2, -0.15) is 0 Å². The molecule has 1 aromatic rings. The number of likely N-dealkylation sites (N-methyl/N-ethyl adjacent to an activating group) is 1. The summed E-state index contributed by atoms with van der Waals surface area (Å²) in [4.78, 5) is 0. The first kappa shape index (κ1) is 13.5. The van der Waals surface area contributed by atoms with E-state index in [2.05, 4.69) is 25.2 Å². The molecule has 0 bridgehead atoms. The lowest BCUT2D eigenvalue weighted by molar-refractivity contribution is 0.0477. The van der Waals surface area contributed by atoms with Crippen LogP contribution in [0.2, 0.25) is 5.02 Å². The molecule has 2 unspecified atom stereocenters. The highest BCUT2D eigenvalue weighted by Gasteiger charge is 2.18. The van der Waals surface area contributed by atoms with Crippen LogP contribution in [0.5, 0.6) is 0 Å². The van der Waals surface area contributed by atoms with Gasteiger partial charge in [-0.1, -0.05) is 30.7 Å². The molecule has 0 amide bonds. The van der Waals surface area contributed by atoms with Crippen LogP contribution in [0.1, 0.15) is 32.4 Å². The molecule has 0 aromatic heterocycles. The quantitative estimate of drug-likeness (QED) is 0.824. The number of hydrogen-bond acceptors (Lipinski definition) is 2. The number of halogens is 1. The number of ether oxygens (including phenoxy) is 1. The number of hydrogen-bond donors (Lipinski definition) is 1. The van der Waals surface area contributed by atoms with Crippen LogP contribution >= 0.6 is 11.6 Å². The number of benzene rings is 1. The maximum Gasteiger partial charge on any atom is 0.0741 e. The highest BCUT2D eigenvalue weighted by Crippen LogP contribution is 2.22. The normalized spacial score (nSPS) is 14.8. The van der Waals surface area contributed by atoms with Crippen molar-refractivity contribution in [2.45, 2.75) is 32.9 Å². The molecule has 3 heteroatoms. The Labute approximate surface area is 103 Å². The van der Waals surface area contributed by atoms with E-state index in [1.165, 1.54) is 5.56 Å². The zero-order valence-corrected chi connectivity index (χ0v) is 10.9. The summed E-state index contributed by atoms with van der Waals surface area (Å²) >= 11 is 6.00. The summed E-state index contributed by atoms with van der Waals surface area (Å²) in [6, 6.07) is 8.13. The van der Waals surface area contributed by atoms with Crippen molar-refractivity contribution >= 4 is 11.6 Å². The Balaban J connectivity index is 2.83. The van der Waals surface area contributed by atoms with Crippen molar-refractivity contribution in [3.63, 3.8) is 0 Å². The van der Waals surface area contributed by atoms with E-state index in [1.54, 1.807) is 0 Å². The monoisotopic (exact) mass is 241 g/mol. The third kappa shape index (κ3) is 3.78. The molecule has 0 aliphatic heterocycles. The van der Waals surface area contributed by atoms with Gasteiger partial charge in [0.05, 0.1) is 12.1 Å². The molecule has 16 heavy (non-hydrogen) atoms. The van der Waals surface area contributed by atoms with E-state index in [0.717, 1.165) is 18.2 Å². The summed E-state index contributed by atoms with van der Waals surface area (Å²) in [6.07, 6.45) is 0.142. The van der Waals surface area contributed by atoms with Crippen LogP contribution in [0, 0.1) is 0 Å². The molecule has 2 nitrogen and oxygen atoms in total. The Hall–Kier alpha value is -0.570. The fourth-order valence-electron chi connectivity index (χ4n) is 1.83. The van der Waals surface area contributed by atoms with Gasteiger partial charge in [-0.15, -0.1) is 0 Å². The molecule has 0 heterocycles. The lowest BCUT2D eigenvalue weighted by Gasteiger charge is -2.25. The molecule has 0 radical (unpaired) electrons. The molecule has 1 aromatic carbocycles. The molecule has 0 aliphatic rings. The second-order valence-electron chi connectivity index (χ2n) is 3.75. The molecule has 1 N–H and O–H groups in total. The molecule has 90 valence electrons. The second-order valence-corrected chi connectivity index (χ2v) is 4.19. The van der Waals surface area contributed by atoms with Crippen LogP contribution in [0.3, 0.4) is 0 Å². The first-order chi connectivity index (χ1) is 7.69. The average molecular weight is 242 g/mol. The SMILES string of the molecule is CCNC(c1cccc(Cl)c1)C(C)OCC. The molecule has 0 saturated heterocycles. The van der Waals surface area contributed by atoms with E-state index in [4.69, 9.17) is 16.3 Å². The lowest BCUT2D eigenvalue weighted by atomic mass is 10.0. The van der Waals surface area contributed by atoms with Crippen molar-refractivity contribution in [1.82, 2.24) is 5.32 Å². The van der Waals surface area contributed by atoms with Gasteiger partial charge >= 0.3 is 0 Å². The van der Waals surface area contributed by atoms with Crippen LogP contribution in [-0.2, 0) is 4.74 Å². The summed E-state index contributed by atoms with van der Waals surface area (Å²) in [7, 11) is 0. The molecular weight excluding hydrogens is 222 g/mol. The fourth-order valence-corrected chi connectivity index (χ4v) is 2.03. The summed E-state index contributed by atoms with van der Waals surface area (Å²) in [5.74, 6) is 0. The average Bonchev–Trinajstić information content (AvgIpc) is 2.26. The van der Waals surface area contributed by atoms with Gasteiger partial charge in [-0.25, -0.2) is 0 Å². The summed E-state index contributed by atoms with van der Waals surface area (Å²) in [5, 5.41) is 4.19. The predicted molar refractivity (Wildman–Crippen MR) is 69.0 cm³/mol. The molecule has 0 aliphatic carbocycles. The highest BCUT2D eigenvalue weighted by molar-refractivity contribution is 6.30. The summed E-state index contributed by atoms with van der Waals surface area (Å²) in [5.41, 5.74) is 1.18. The number of rotatable bonds is 6. The topological polar surface area (TPSA) is 21.3 Å². The minimum absolute atomic E-state index is 0.142. The van der Waals surface area contributed by atoms with E-state index in [0.29, 0.717) is 0 Å². The Morgan fingerprint density at radius 1 is 1.38 bits per heavy atom. The Kier molecular flexibility index (Phi) is 5.81. The Bertz CT molecular complexity index is 317. The third-order valence-electron chi connectivity index (χ3n) is 2.53. The van der Waals surface area contributed by atoms with E-state index in [9.17, 15) is 0 Å². The van der Waals surface area contributed by atoms with Gasteiger partial charge in [-0.05, 0) is 38.1 Å². The molecule has 0 fully saturated rings. The van der Waals surface area contributed by atoms with Crippen LogP contribution in [0.25, 0.3) is 0 Å². The minimum atomic E-state index is 0.142. The Morgan fingerprint density at radius 3 is 2.69 bits per heavy atom. The van der Waals surface area contributed by atoms with Crippen LogP contribution in [0.15, 0.2) is 24.3 Å². The largest absolute Gasteiger partial charge is 0.377 e. The lowest BCUT2D eigenvalue weighted by Crippen LogP contribution is -2.32. The Morgan fingerprint density at radius 2 is 2.12 bits per heavy atom. The summed E-state index contributed by atoms with van der Waals surface area (Å²) in [6.45, 7) is 7.82. The smallest absolute Gasteiger partial charge is 0.0741 e. The van der Waals surface area contributed by atoms with E-state index in [1.807, 2.05) is 25.1 Å². The zero-order valence-electron chi connectivity index (χ0n) is 10.2. The second kappa shape index (κ2) is 6.89. The third-order valence-corrected chi connectivity index (χ3v) is 2.77. The van der Waals surface area contributed by atoms with Crippen molar-refractivity contribution in [3.05, 3.63) is 34.9 Å². The van der Waals surface area contributed by atoms with Crippen molar-refractivity contribution in [2.75, 3.05) is 13.2 Å². The van der Waals surface area contributed by atoms with Gasteiger partial charge in [0.25, 0.3) is 0 Å². The van der Waals surface area contributed by atoms with E-state index < -0.39 is 0 Å². The maximum atomic E-state index is 6.00. The van der Waals surface area contributed by atoms with Crippen molar-refractivity contribution in [2.24, 2.45) is 0 Å². The summed E-state index contributed by atoms with van der Waals surface area (Å²) < 4.78 is 5.65. The molecule has 0 saturated carbocycles. The van der Waals surface area contributed by atoms with E-state index >= 15 is 0 Å². The predicted octanol–water partition coefficient (Wildman–Crippen LogP) is 3.42. The zero-order chi connectivity index (χ0) is 12.0.